The van der Waals surface area contributed by atoms with Gasteiger partial charge < -0.3 is 20.9 Å². The molecule has 114 valence electrons. The molecule has 2 aliphatic rings. The molecule has 2 saturated heterocycles. The molecule has 20 heavy (non-hydrogen) atoms. The van der Waals surface area contributed by atoms with E-state index in [1.165, 1.54) is 0 Å². The number of amides is 3. The van der Waals surface area contributed by atoms with E-state index in [4.69, 9.17) is 5.73 Å². The minimum absolute atomic E-state index is 0.0103. The predicted octanol–water partition coefficient (Wildman–Crippen LogP) is 0.378. The number of nitrogens with zero attached hydrogens (tertiary/aromatic N) is 2. The molecular weight excluding hydrogens is 256 g/mol. The molecule has 2 heterocycles. The maximum Gasteiger partial charge on any atom is 0.317 e. The number of nitrogens with one attached hydrogen (secondary N) is 1. The Labute approximate surface area is 120 Å². The molecule has 0 spiro atoms. The minimum Gasteiger partial charge on any atom is -0.339 e. The number of carbonyl (C=O) groups excluding carboxylic acids is 2. The third-order valence-electron chi connectivity index (χ3n) is 4.50. The molecule has 2 rings (SSSR count). The quantitative estimate of drug-likeness (QED) is 0.739. The van der Waals surface area contributed by atoms with Crippen LogP contribution in [0.25, 0.3) is 0 Å². The molecule has 0 aromatic rings. The molecule has 3 N–H and O–H groups in total. The molecular formula is C14H26N4O2. The predicted molar refractivity (Wildman–Crippen MR) is 77.2 cm³/mol. The molecule has 0 radical (unpaired) electrons. The Morgan fingerprint density at radius 1 is 1.45 bits per heavy atom. The van der Waals surface area contributed by atoms with Gasteiger partial charge in [-0.05, 0) is 25.3 Å². The number of piperazine rings is 1. The third-order valence-corrected chi connectivity index (χ3v) is 4.50. The lowest BCUT2D eigenvalue weighted by molar-refractivity contribution is -0.133. The molecule has 2 unspecified atom stereocenters. The highest BCUT2D eigenvalue weighted by Crippen LogP contribution is 2.18. The summed E-state index contributed by atoms with van der Waals surface area (Å²) in [6, 6.07) is 0.169. The van der Waals surface area contributed by atoms with Crippen LogP contribution in [0.15, 0.2) is 0 Å². The fourth-order valence-electron chi connectivity index (χ4n) is 3.10. The Kier molecular flexibility index (Phi) is 5.23. The average molecular weight is 282 g/mol. The number of nitrogens with two attached hydrogens (primary N) is 1. The van der Waals surface area contributed by atoms with E-state index < -0.39 is 0 Å². The summed E-state index contributed by atoms with van der Waals surface area (Å²) >= 11 is 0. The molecule has 6 heteroatoms. The van der Waals surface area contributed by atoms with Crippen molar-refractivity contribution in [2.75, 3.05) is 32.7 Å². The summed E-state index contributed by atoms with van der Waals surface area (Å²) in [5.74, 6) is 0.777. The zero-order valence-corrected chi connectivity index (χ0v) is 12.3. The number of carbonyl (C=O) groups is 2. The molecule has 0 saturated carbocycles. The highest BCUT2D eigenvalue weighted by atomic mass is 16.2. The van der Waals surface area contributed by atoms with Crippen LogP contribution in [0.4, 0.5) is 4.79 Å². The lowest BCUT2D eigenvalue weighted by Crippen LogP contribution is -2.53. The first-order chi connectivity index (χ1) is 9.65. The normalized spacial score (nSPS) is 23.5. The summed E-state index contributed by atoms with van der Waals surface area (Å²) in [5, 5.41) is 2.83. The van der Waals surface area contributed by atoms with E-state index in [9.17, 15) is 9.59 Å². The molecule has 6 nitrogen and oxygen atoms in total. The van der Waals surface area contributed by atoms with E-state index in [1.54, 1.807) is 0 Å². The Hall–Kier alpha value is -1.30. The van der Waals surface area contributed by atoms with E-state index in [2.05, 4.69) is 12.2 Å². The molecule has 2 aliphatic heterocycles. The lowest BCUT2D eigenvalue weighted by atomic mass is 9.96. The average Bonchev–Trinajstić information content (AvgIpc) is 2.84. The van der Waals surface area contributed by atoms with Crippen LogP contribution in [0.2, 0.25) is 0 Å². The second kappa shape index (κ2) is 6.92. The van der Waals surface area contributed by atoms with Crippen LogP contribution in [0, 0.1) is 5.92 Å². The van der Waals surface area contributed by atoms with Gasteiger partial charge in [0, 0.05) is 32.6 Å². The lowest BCUT2D eigenvalue weighted by Gasteiger charge is -2.36. The maximum absolute atomic E-state index is 12.3. The monoisotopic (exact) mass is 282 g/mol. The first-order valence-electron chi connectivity index (χ1n) is 7.68. The Bertz CT molecular complexity index is 361. The van der Waals surface area contributed by atoms with Crippen molar-refractivity contribution in [3.63, 3.8) is 0 Å². The first-order valence-corrected chi connectivity index (χ1v) is 7.68. The highest BCUT2D eigenvalue weighted by Gasteiger charge is 2.36. The highest BCUT2D eigenvalue weighted by molar-refractivity contribution is 5.79. The van der Waals surface area contributed by atoms with Crippen LogP contribution in [0.3, 0.4) is 0 Å². The van der Waals surface area contributed by atoms with Crippen LogP contribution in [0.5, 0.6) is 0 Å². The number of fused-ring (bicyclic) bond motifs is 1. The number of hydrogen-bond donors (Lipinski definition) is 2. The van der Waals surface area contributed by atoms with Gasteiger partial charge in [-0.15, -0.1) is 0 Å². The van der Waals surface area contributed by atoms with E-state index in [-0.39, 0.29) is 18.0 Å². The molecule has 2 atom stereocenters. The zero-order chi connectivity index (χ0) is 14.5. The Balaban J connectivity index is 1.77. The van der Waals surface area contributed by atoms with Gasteiger partial charge in [-0.25, -0.2) is 4.79 Å². The molecule has 2 fully saturated rings. The second-order valence-corrected chi connectivity index (χ2v) is 5.76. The van der Waals surface area contributed by atoms with Gasteiger partial charge >= 0.3 is 6.03 Å². The number of rotatable bonds is 6. The van der Waals surface area contributed by atoms with E-state index in [1.807, 2.05) is 9.80 Å². The molecule has 0 aromatic heterocycles. The van der Waals surface area contributed by atoms with Crippen LogP contribution in [-0.4, -0.2) is 60.5 Å². The van der Waals surface area contributed by atoms with Gasteiger partial charge in [-0.1, -0.05) is 13.3 Å². The summed E-state index contributed by atoms with van der Waals surface area (Å²) in [7, 11) is 0. The van der Waals surface area contributed by atoms with Crippen molar-refractivity contribution in [3.05, 3.63) is 0 Å². The summed E-state index contributed by atoms with van der Waals surface area (Å²) in [5.41, 5.74) is 5.59. The molecule has 3 amide bonds. The first kappa shape index (κ1) is 15.1. The minimum atomic E-state index is 0.0103. The number of hydrogen-bond acceptors (Lipinski definition) is 3. The smallest absolute Gasteiger partial charge is 0.317 e. The van der Waals surface area contributed by atoms with Gasteiger partial charge in [-0.3, -0.25) is 4.79 Å². The van der Waals surface area contributed by atoms with Crippen molar-refractivity contribution >= 4 is 11.9 Å². The van der Waals surface area contributed by atoms with E-state index in [0.717, 1.165) is 19.3 Å². The van der Waals surface area contributed by atoms with Gasteiger partial charge in [0.05, 0.1) is 6.04 Å². The van der Waals surface area contributed by atoms with Crippen LogP contribution in [-0.2, 0) is 4.79 Å². The van der Waals surface area contributed by atoms with E-state index in [0.29, 0.717) is 45.1 Å². The molecule has 0 aliphatic carbocycles. The van der Waals surface area contributed by atoms with Gasteiger partial charge in [0.2, 0.25) is 5.91 Å². The zero-order valence-electron chi connectivity index (χ0n) is 12.3. The summed E-state index contributed by atoms with van der Waals surface area (Å²) in [6.07, 6.45) is 3.61. The number of urea groups is 1. The Morgan fingerprint density at radius 2 is 2.25 bits per heavy atom. The third kappa shape index (κ3) is 3.42. The van der Waals surface area contributed by atoms with Crippen molar-refractivity contribution in [3.8, 4) is 0 Å². The van der Waals surface area contributed by atoms with Gasteiger partial charge in [0.1, 0.15) is 0 Å². The van der Waals surface area contributed by atoms with Crippen molar-refractivity contribution in [1.82, 2.24) is 15.1 Å². The fourth-order valence-corrected chi connectivity index (χ4v) is 3.10. The largest absolute Gasteiger partial charge is 0.339 e. The summed E-state index contributed by atoms with van der Waals surface area (Å²) in [6.45, 7) is 5.50. The maximum atomic E-state index is 12.3. The van der Waals surface area contributed by atoms with Crippen molar-refractivity contribution in [2.24, 2.45) is 11.7 Å². The van der Waals surface area contributed by atoms with Crippen LogP contribution >= 0.6 is 0 Å². The SMILES string of the molecule is CCC(CCN)CCC(=O)N1CCN2C(=O)NCC2C1. The van der Waals surface area contributed by atoms with Crippen molar-refractivity contribution < 1.29 is 9.59 Å². The van der Waals surface area contributed by atoms with E-state index >= 15 is 0 Å². The fraction of sp³-hybridized carbons (Fsp3) is 0.857. The van der Waals surface area contributed by atoms with Gasteiger partial charge in [0.25, 0.3) is 0 Å². The summed E-state index contributed by atoms with van der Waals surface area (Å²) in [4.78, 5) is 27.5. The topological polar surface area (TPSA) is 78.7 Å². The second-order valence-electron chi connectivity index (χ2n) is 5.76. The van der Waals surface area contributed by atoms with Gasteiger partial charge in [-0.2, -0.15) is 0 Å². The Morgan fingerprint density at radius 3 is 2.95 bits per heavy atom. The van der Waals surface area contributed by atoms with Crippen LogP contribution < -0.4 is 11.1 Å². The standard InChI is InChI=1S/C14H26N4O2/c1-2-11(5-6-15)3-4-13(19)17-7-8-18-12(10-17)9-16-14(18)20/h11-12H,2-10,15H2,1H3,(H,16,20). The van der Waals surface area contributed by atoms with Crippen molar-refractivity contribution in [1.29, 1.82) is 0 Å². The summed E-state index contributed by atoms with van der Waals surface area (Å²) < 4.78 is 0. The molecule has 0 bridgehead atoms. The molecule has 0 aromatic carbocycles. The van der Waals surface area contributed by atoms with Gasteiger partial charge in [0.15, 0.2) is 0 Å². The van der Waals surface area contributed by atoms with Crippen LogP contribution in [0.1, 0.15) is 32.6 Å². The van der Waals surface area contributed by atoms with Crippen molar-refractivity contribution in [2.45, 2.75) is 38.6 Å².